The van der Waals surface area contributed by atoms with E-state index in [4.69, 9.17) is 9.86 Å². The molecular weight excluding hydrogens is 526 g/mol. The van der Waals surface area contributed by atoms with Crippen molar-refractivity contribution in [1.29, 1.82) is 0 Å². The van der Waals surface area contributed by atoms with Gasteiger partial charge in [-0.05, 0) is 63.7 Å². The van der Waals surface area contributed by atoms with Crippen molar-refractivity contribution in [1.82, 2.24) is 15.6 Å². The van der Waals surface area contributed by atoms with Gasteiger partial charge in [0.1, 0.15) is 11.5 Å². The molecular formula is C21H27BBrFN6O5. The standard InChI is InChI=1S/C12H13BrFN5O2.C9H11BO2.H3NO/c13-9-5-8(1-2-10(9)14)17-6-11-12(19-21-18-11)16-4-3-15-7-20;1-7-3-2-4-8-5-6-12-10(11)9(7)8;1-2/h1-2,5,7,17H,3-4,6H2,(H,15,20)(H,16,19);2-4,11H,5-6H2,1H3;2H,1H2. The Bertz CT molecular complexity index is 1080. The average molecular weight is 553 g/mol. The van der Waals surface area contributed by atoms with Gasteiger partial charge in [-0.2, -0.15) is 0 Å². The molecule has 1 aliphatic rings. The Balaban J connectivity index is 0.000000260. The van der Waals surface area contributed by atoms with Crippen LogP contribution in [0.4, 0.5) is 15.9 Å². The minimum absolute atomic E-state index is 0.325. The number of rotatable bonds is 8. The molecule has 2 aromatic carbocycles. The van der Waals surface area contributed by atoms with Gasteiger partial charge in [0, 0.05) is 25.4 Å². The Labute approximate surface area is 210 Å². The maximum atomic E-state index is 13.1. The number of benzene rings is 2. The van der Waals surface area contributed by atoms with Crippen LogP contribution in [0.15, 0.2) is 45.5 Å². The van der Waals surface area contributed by atoms with Crippen molar-refractivity contribution in [2.75, 3.05) is 30.3 Å². The van der Waals surface area contributed by atoms with Crippen molar-refractivity contribution >= 4 is 46.4 Å². The number of aryl methyl sites for hydroxylation is 1. The van der Waals surface area contributed by atoms with E-state index in [2.05, 4.69) is 52.7 Å². The van der Waals surface area contributed by atoms with Crippen LogP contribution in [0, 0.1) is 12.7 Å². The molecule has 11 nitrogen and oxygen atoms in total. The van der Waals surface area contributed by atoms with E-state index in [0.29, 0.717) is 48.6 Å². The van der Waals surface area contributed by atoms with E-state index < -0.39 is 7.12 Å². The molecule has 2 heterocycles. The van der Waals surface area contributed by atoms with Crippen LogP contribution in [0.1, 0.15) is 16.8 Å². The second kappa shape index (κ2) is 15.1. The number of carbonyl (C=O) groups excluding carboxylic acids is 1. The van der Waals surface area contributed by atoms with Crippen molar-refractivity contribution in [2.45, 2.75) is 19.9 Å². The number of nitrogens with two attached hydrogens (primary N) is 1. The monoisotopic (exact) mass is 552 g/mol. The number of hydrogen-bond donors (Lipinski definition) is 6. The third-order valence-electron chi connectivity index (χ3n) is 4.89. The summed E-state index contributed by atoms with van der Waals surface area (Å²) < 4.78 is 23.3. The molecule has 3 aromatic rings. The number of nitrogens with zero attached hydrogens (tertiary/aromatic N) is 2. The molecule has 0 radical (unpaired) electrons. The molecule has 4 rings (SSSR count). The maximum absolute atomic E-state index is 13.1. The van der Waals surface area contributed by atoms with Gasteiger partial charge in [-0.3, -0.25) is 4.79 Å². The summed E-state index contributed by atoms with van der Waals surface area (Å²) in [6, 6.07) is 10.7. The molecule has 1 amide bonds. The first-order valence-corrected chi connectivity index (χ1v) is 11.3. The average Bonchev–Trinajstić information content (AvgIpc) is 3.32. The van der Waals surface area contributed by atoms with Gasteiger partial charge in [0.25, 0.3) is 0 Å². The molecule has 0 unspecified atom stereocenters. The van der Waals surface area contributed by atoms with Crippen molar-refractivity contribution in [3.05, 3.63) is 63.5 Å². The summed E-state index contributed by atoms with van der Waals surface area (Å²) in [6.07, 6.45) is 1.53. The predicted molar refractivity (Wildman–Crippen MR) is 133 cm³/mol. The van der Waals surface area contributed by atoms with Crippen molar-refractivity contribution in [3.8, 4) is 0 Å². The molecule has 0 bridgehead atoms. The lowest BCUT2D eigenvalue weighted by molar-refractivity contribution is -0.109. The van der Waals surface area contributed by atoms with E-state index >= 15 is 0 Å². The summed E-state index contributed by atoms with van der Waals surface area (Å²) in [7, 11) is -0.713. The number of anilines is 2. The van der Waals surface area contributed by atoms with Crippen LogP contribution in [-0.4, -0.2) is 53.8 Å². The molecule has 0 aliphatic carbocycles. The minimum atomic E-state index is -0.713. The first kappa shape index (κ1) is 28.2. The van der Waals surface area contributed by atoms with Crippen LogP contribution in [0.3, 0.4) is 0 Å². The summed E-state index contributed by atoms with van der Waals surface area (Å²) in [6.45, 7) is 3.95. The SMILES string of the molecule is Cc1cccc2c1B(O)OCC2.NO.O=CNCCNc1nonc1CNc1ccc(F)c(Br)c1. The Morgan fingerprint density at radius 2 is 2.03 bits per heavy atom. The van der Waals surface area contributed by atoms with Crippen LogP contribution in [0.5, 0.6) is 0 Å². The number of carbonyl (C=O) groups is 1. The summed E-state index contributed by atoms with van der Waals surface area (Å²) in [5.74, 6) is 3.67. The molecule has 0 saturated carbocycles. The smallest absolute Gasteiger partial charge is 0.423 e. The summed E-state index contributed by atoms with van der Waals surface area (Å²) >= 11 is 3.12. The molecule has 188 valence electrons. The Morgan fingerprint density at radius 1 is 1.23 bits per heavy atom. The topological polar surface area (TPSA) is 168 Å². The maximum Gasteiger partial charge on any atom is 0.491 e. The van der Waals surface area contributed by atoms with Crippen LogP contribution >= 0.6 is 15.9 Å². The molecule has 0 saturated heterocycles. The van der Waals surface area contributed by atoms with Crippen molar-refractivity contribution in [2.24, 2.45) is 5.90 Å². The lowest BCUT2D eigenvalue weighted by Crippen LogP contribution is -2.42. The summed E-state index contributed by atoms with van der Waals surface area (Å²) in [5.41, 5.74) is 4.61. The summed E-state index contributed by atoms with van der Waals surface area (Å²) in [5, 5.41) is 32.1. The van der Waals surface area contributed by atoms with Gasteiger partial charge in [-0.15, -0.1) is 0 Å². The highest BCUT2D eigenvalue weighted by Crippen LogP contribution is 2.21. The van der Waals surface area contributed by atoms with E-state index in [1.165, 1.54) is 11.6 Å². The largest absolute Gasteiger partial charge is 0.491 e. The van der Waals surface area contributed by atoms with Gasteiger partial charge in [-0.1, -0.05) is 28.9 Å². The van der Waals surface area contributed by atoms with Gasteiger partial charge >= 0.3 is 7.12 Å². The van der Waals surface area contributed by atoms with E-state index in [1.807, 2.05) is 25.1 Å². The molecule has 0 atom stereocenters. The fourth-order valence-corrected chi connectivity index (χ4v) is 3.62. The van der Waals surface area contributed by atoms with Crippen LogP contribution in [0.2, 0.25) is 0 Å². The number of aromatic nitrogens is 2. The van der Waals surface area contributed by atoms with Gasteiger partial charge in [0.15, 0.2) is 5.82 Å². The third kappa shape index (κ3) is 8.60. The highest BCUT2D eigenvalue weighted by molar-refractivity contribution is 9.10. The highest BCUT2D eigenvalue weighted by Gasteiger charge is 2.25. The molecule has 0 spiro atoms. The zero-order valence-electron chi connectivity index (χ0n) is 19.0. The Kier molecular flexibility index (Phi) is 12.1. The highest BCUT2D eigenvalue weighted by atomic mass is 79.9. The quantitative estimate of drug-likeness (QED) is 0.104. The summed E-state index contributed by atoms with van der Waals surface area (Å²) in [4.78, 5) is 10.1. The fourth-order valence-electron chi connectivity index (χ4n) is 3.24. The minimum Gasteiger partial charge on any atom is -0.423 e. The van der Waals surface area contributed by atoms with Crippen molar-refractivity contribution < 1.29 is 28.7 Å². The first-order chi connectivity index (χ1) is 17.0. The normalized spacial score (nSPS) is 11.8. The molecule has 1 aliphatic heterocycles. The Morgan fingerprint density at radius 3 is 2.74 bits per heavy atom. The number of hydrogen-bond acceptors (Lipinski definition) is 10. The van der Waals surface area contributed by atoms with Crippen molar-refractivity contribution in [3.63, 3.8) is 0 Å². The van der Waals surface area contributed by atoms with Crippen LogP contribution < -0.4 is 27.3 Å². The van der Waals surface area contributed by atoms with Crippen LogP contribution in [-0.2, 0) is 22.4 Å². The van der Waals surface area contributed by atoms with Crippen LogP contribution in [0.25, 0.3) is 0 Å². The first-order valence-electron chi connectivity index (χ1n) is 10.5. The third-order valence-corrected chi connectivity index (χ3v) is 5.50. The zero-order valence-corrected chi connectivity index (χ0v) is 20.6. The van der Waals surface area contributed by atoms with E-state index in [-0.39, 0.29) is 5.82 Å². The van der Waals surface area contributed by atoms with E-state index in [0.717, 1.165) is 23.1 Å². The number of halogens is 2. The molecule has 14 heteroatoms. The lowest BCUT2D eigenvalue weighted by Gasteiger charge is -2.20. The van der Waals surface area contributed by atoms with E-state index in [1.54, 1.807) is 12.1 Å². The van der Waals surface area contributed by atoms with Gasteiger partial charge in [-0.25, -0.2) is 14.9 Å². The second-order valence-corrected chi connectivity index (χ2v) is 8.02. The predicted octanol–water partition coefficient (Wildman–Crippen LogP) is 1.33. The van der Waals surface area contributed by atoms with Gasteiger partial charge < -0.3 is 30.8 Å². The van der Waals surface area contributed by atoms with Gasteiger partial charge in [0.05, 0.1) is 11.0 Å². The van der Waals surface area contributed by atoms with E-state index in [9.17, 15) is 14.2 Å². The molecule has 0 fully saturated rings. The fraction of sp³-hybridized carbons (Fsp3) is 0.286. The Hall–Kier alpha value is -3.04. The molecule has 35 heavy (non-hydrogen) atoms. The number of nitrogens with one attached hydrogen (secondary N) is 3. The molecule has 7 N–H and O–H groups in total. The zero-order chi connectivity index (χ0) is 25.6. The molecule has 1 aromatic heterocycles. The lowest BCUT2D eigenvalue weighted by atomic mass is 9.71. The second-order valence-electron chi connectivity index (χ2n) is 7.16. The number of amides is 1. The number of fused-ring (bicyclic) bond motifs is 1. The van der Waals surface area contributed by atoms with Gasteiger partial charge in [0.2, 0.25) is 6.41 Å².